The van der Waals surface area contributed by atoms with Crippen LogP contribution in [0.15, 0.2) is 42.5 Å². The average molecular weight is 355 g/mol. The van der Waals surface area contributed by atoms with Gasteiger partial charge in [-0.15, -0.1) is 0 Å². The van der Waals surface area contributed by atoms with E-state index in [1.807, 2.05) is 18.2 Å². The SMILES string of the molecule is COc1ccc(C(C)(C)C)cc1NC(=O)COc1ccc(C(C)=O)cc1. The normalized spacial score (nSPS) is 11.0. The van der Waals surface area contributed by atoms with E-state index in [1.165, 1.54) is 6.92 Å². The highest BCUT2D eigenvalue weighted by Crippen LogP contribution is 2.31. The molecule has 138 valence electrons. The van der Waals surface area contributed by atoms with Gasteiger partial charge in [0, 0.05) is 5.56 Å². The van der Waals surface area contributed by atoms with Gasteiger partial charge in [0.2, 0.25) is 0 Å². The Bertz CT molecular complexity index is 789. The van der Waals surface area contributed by atoms with Crippen LogP contribution in [0.2, 0.25) is 0 Å². The number of rotatable bonds is 6. The zero-order chi connectivity index (χ0) is 19.3. The van der Waals surface area contributed by atoms with Gasteiger partial charge in [-0.25, -0.2) is 0 Å². The van der Waals surface area contributed by atoms with Crippen LogP contribution in [0.1, 0.15) is 43.6 Å². The second kappa shape index (κ2) is 8.04. The third kappa shape index (κ3) is 5.09. The number of benzene rings is 2. The summed E-state index contributed by atoms with van der Waals surface area (Å²) < 4.78 is 10.8. The molecule has 26 heavy (non-hydrogen) atoms. The zero-order valence-corrected chi connectivity index (χ0v) is 15.9. The van der Waals surface area contributed by atoms with E-state index >= 15 is 0 Å². The number of amides is 1. The van der Waals surface area contributed by atoms with Gasteiger partial charge in [-0.1, -0.05) is 26.8 Å². The van der Waals surface area contributed by atoms with Gasteiger partial charge in [-0.05, 0) is 54.3 Å². The van der Waals surface area contributed by atoms with Crippen molar-refractivity contribution >= 4 is 17.4 Å². The topological polar surface area (TPSA) is 64.6 Å². The minimum Gasteiger partial charge on any atom is -0.495 e. The number of nitrogens with one attached hydrogen (secondary N) is 1. The van der Waals surface area contributed by atoms with Crippen molar-refractivity contribution < 1.29 is 19.1 Å². The molecule has 0 saturated heterocycles. The maximum Gasteiger partial charge on any atom is 0.262 e. The van der Waals surface area contributed by atoms with Gasteiger partial charge >= 0.3 is 0 Å². The summed E-state index contributed by atoms with van der Waals surface area (Å²) in [4.78, 5) is 23.5. The fourth-order valence-corrected chi connectivity index (χ4v) is 2.39. The van der Waals surface area contributed by atoms with Gasteiger partial charge in [-0.2, -0.15) is 0 Å². The van der Waals surface area contributed by atoms with Crippen molar-refractivity contribution in [1.82, 2.24) is 0 Å². The lowest BCUT2D eigenvalue weighted by molar-refractivity contribution is -0.118. The van der Waals surface area contributed by atoms with Crippen molar-refractivity contribution in [2.45, 2.75) is 33.1 Å². The lowest BCUT2D eigenvalue weighted by atomic mass is 9.87. The minimum absolute atomic E-state index is 0.0138. The molecule has 0 atom stereocenters. The molecule has 0 aliphatic heterocycles. The predicted molar refractivity (Wildman–Crippen MR) is 102 cm³/mol. The molecule has 2 rings (SSSR count). The first-order valence-corrected chi connectivity index (χ1v) is 8.43. The number of methoxy groups -OCH3 is 1. The third-order valence-corrected chi connectivity index (χ3v) is 3.97. The van der Waals surface area contributed by atoms with E-state index in [-0.39, 0.29) is 23.7 Å². The summed E-state index contributed by atoms with van der Waals surface area (Å²) in [7, 11) is 1.56. The molecule has 0 saturated carbocycles. The first-order valence-electron chi connectivity index (χ1n) is 8.43. The van der Waals surface area contributed by atoms with Crippen LogP contribution in [0, 0.1) is 0 Å². The Morgan fingerprint density at radius 1 is 1.04 bits per heavy atom. The third-order valence-electron chi connectivity index (χ3n) is 3.97. The van der Waals surface area contributed by atoms with Crippen molar-refractivity contribution in [2.75, 3.05) is 19.0 Å². The molecule has 5 nitrogen and oxygen atoms in total. The van der Waals surface area contributed by atoms with Gasteiger partial charge in [-0.3, -0.25) is 9.59 Å². The minimum atomic E-state index is -0.287. The number of ketones is 1. The molecule has 0 aliphatic rings. The number of Topliss-reactive ketones (excluding diaryl/α,β-unsaturated/α-hetero) is 1. The number of hydrogen-bond donors (Lipinski definition) is 1. The summed E-state index contributed by atoms with van der Waals surface area (Å²) in [5, 5.41) is 2.83. The molecule has 1 amide bonds. The molecule has 2 aromatic rings. The number of anilines is 1. The molecule has 0 fully saturated rings. The van der Waals surface area contributed by atoms with Crippen LogP contribution in [-0.4, -0.2) is 25.4 Å². The number of ether oxygens (including phenoxy) is 2. The molecule has 0 spiro atoms. The summed E-state index contributed by atoms with van der Waals surface area (Å²) in [5.74, 6) is 0.822. The van der Waals surface area contributed by atoms with Crippen LogP contribution in [0.25, 0.3) is 0 Å². The van der Waals surface area contributed by atoms with Gasteiger partial charge in [0.05, 0.1) is 12.8 Å². The zero-order valence-electron chi connectivity index (χ0n) is 15.9. The van der Waals surface area contributed by atoms with Gasteiger partial charge in [0.1, 0.15) is 11.5 Å². The van der Waals surface area contributed by atoms with Gasteiger partial charge in [0.15, 0.2) is 12.4 Å². The largest absolute Gasteiger partial charge is 0.495 e. The van der Waals surface area contributed by atoms with E-state index in [1.54, 1.807) is 31.4 Å². The van der Waals surface area contributed by atoms with Gasteiger partial charge < -0.3 is 14.8 Å². The van der Waals surface area contributed by atoms with Crippen LogP contribution in [0.5, 0.6) is 11.5 Å². The Morgan fingerprint density at radius 3 is 2.23 bits per heavy atom. The van der Waals surface area contributed by atoms with Gasteiger partial charge in [0.25, 0.3) is 5.91 Å². The van der Waals surface area contributed by atoms with Crippen molar-refractivity contribution in [3.05, 3.63) is 53.6 Å². The highest BCUT2D eigenvalue weighted by atomic mass is 16.5. The lowest BCUT2D eigenvalue weighted by Gasteiger charge is -2.21. The second-order valence-corrected chi connectivity index (χ2v) is 7.08. The van der Waals surface area contributed by atoms with Crippen molar-refractivity contribution in [3.8, 4) is 11.5 Å². The molecule has 0 bridgehead atoms. The quantitative estimate of drug-likeness (QED) is 0.788. The number of carbonyl (C=O) groups is 2. The van der Waals surface area contributed by atoms with Crippen LogP contribution in [0.4, 0.5) is 5.69 Å². The molecule has 2 aromatic carbocycles. The molecular formula is C21H25NO4. The summed E-state index contributed by atoms with van der Waals surface area (Å²) in [5.41, 5.74) is 2.26. The van der Waals surface area contributed by atoms with E-state index < -0.39 is 0 Å². The van der Waals surface area contributed by atoms with Crippen LogP contribution < -0.4 is 14.8 Å². The highest BCUT2D eigenvalue weighted by Gasteiger charge is 2.17. The monoisotopic (exact) mass is 355 g/mol. The Labute approximate surface area is 154 Å². The molecule has 0 aromatic heterocycles. The average Bonchev–Trinajstić information content (AvgIpc) is 2.59. The maximum atomic E-state index is 12.2. The Morgan fingerprint density at radius 2 is 1.69 bits per heavy atom. The van der Waals surface area contributed by atoms with E-state index in [0.717, 1.165) is 5.56 Å². The van der Waals surface area contributed by atoms with Crippen molar-refractivity contribution in [2.24, 2.45) is 0 Å². The smallest absolute Gasteiger partial charge is 0.262 e. The first kappa shape index (κ1) is 19.5. The van der Waals surface area contributed by atoms with Crippen molar-refractivity contribution in [3.63, 3.8) is 0 Å². The fraction of sp³-hybridized carbons (Fsp3) is 0.333. The molecule has 5 heteroatoms. The van der Waals surface area contributed by atoms with E-state index in [2.05, 4.69) is 26.1 Å². The van der Waals surface area contributed by atoms with Crippen LogP contribution in [-0.2, 0) is 10.2 Å². The fourth-order valence-electron chi connectivity index (χ4n) is 2.39. The first-order chi connectivity index (χ1) is 12.2. The standard InChI is InChI=1S/C21H25NO4/c1-14(23)15-6-9-17(10-7-15)26-13-20(24)22-18-12-16(21(2,3)4)8-11-19(18)25-5/h6-12H,13H2,1-5H3,(H,22,24). The summed E-state index contributed by atoms with van der Waals surface area (Å²) >= 11 is 0. The lowest BCUT2D eigenvalue weighted by Crippen LogP contribution is -2.21. The van der Waals surface area contributed by atoms with Crippen LogP contribution >= 0.6 is 0 Å². The van der Waals surface area contributed by atoms with Crippen LogP contribution in [0.3, 0.4) is 0 Å². The summed E-state index contributed by atoms with van der Waals surface area (Å²) in [6.07, 6.45) is 0. The summed E-state index contributed by atoms with van der Waals surface area (Å²) in [6.45, 7) is 7.68. The molecule has 0 heterocycles. The van der Waals surface area contributed by atoms with E-state index in [4.69, 9.17) is 9.47 Å². The Kier molecular flexibility index (Phi) is 6.03. The molecule has 0 unspecified atom stereocenters. The molecule has 1 N–H and O–H groups in total. The Balaban J connectivity index is 2.04. The van der Waals surface area contributed by atoms with E-state index in [0.29, 0.717) is 22.7 Å². The summed E-state index contributed by atoms with van der Waals surface area (Å²) in [6, 6.07) is 12.4. The molecule has 0 radical (unpaired) electrons. The second-order valence-electron chi connectivity index (χ2n) is 7.08. The Hall–Kier alpha value is -2.82. The molecular weight excluding hydrogens is 330 g/mol. The van der Waals surface area contributed by atoms with E-state index in [9.17, 15) is 9.59 Å². The predicted octanol–water partition coefficient (Wildman–Crippen LogP) is 4.21. The molecule has 0 aliphatic carbocycles. The number of carbonyl (C=O) groups excluding carboxylic acids is 2. The number of hydrogen-bond acceptors (Lipinski definition) is 4. The van der Waals surface area contributed by atoms with Crippen molar-refractivity contribution in [1.29, 1.82) is 0 Å². The maximum absolute atomic E-state index is 12.2. The highest BCUT2D eigenvalue weighted by molar-refractivity contribution is 5.94.